The minimum Gasteiger partial charge on any atom is -0.508 e. The number of benzene rings is 1. The van der Waals surface area contributed by atoms with Gasteiger partial charge in [-0.1, -0.05) is 12.1 Å². The van der Waals surface area contributed by atoms with E-state index in [4.69, 9.17) is 4.74 Å². The van der Waals surface area contributed by atoms with Crippen LogP contribution in [0.25, 0.3) is 0 Å². The highest BCUT2D eigenvalue weighted by Gasteiger charge is 2.27. The molecule has 3 atom stereocenters. The summed E-state index contributed by atoms with van der Waals surface area (Å²) in [6.07, 6.45) is -1.40. The van der Waals surface area contributed by atoms with Crippen LogP contribution in [0.5, 0.6) is 5.75 Å². The van der Waals surface area contributed by atoms with Crippen LogP contribution in [0.15, 0.2) is 18.2 Å². The fourth-order valence-electron chi connectivity index (χ4n) is 2.00. The van der Waals surface area contributed by atoms with E-state index in [0.29, 0.717) is 17.5 Å². The van der Waals surface area contributed by atoms with Crippen molar-refractivity contribution in [3.05, 3.63) is 29.3 Å². The second-order valence-corrected chi connectivity index (χ2v) is 4.19. The van der Waals surface area contributed by atoms with Gasteiger partial charge in [0.2, 0.25) is 0 Å². The fourth-order valence-corrected chi connectivity index (χ4v) is 2.00. The molecular formula is C12H16O4. The van der Waals surface area contributed by atoms with E-state index in [9.17, 15) is 15.3 Å². The lowest BCUT2D eigenvalue weighted by atomic mass is 9.98. The summed E-state index contributed by atoms with van der Waals surface area (Å²) in [4.78, 5) is 0. The topological polar surface area (TPSA) is 69.9 Å². The van der Waals surface area contributed by atoms with Gasteiger partial charge >= 0.3 is 0 Å². The Labute approximate surface area is 94.1 Å². The number of rotatable bonds is 1. The van der Waals surface area contributed by atoms with Gasteiger partial charge in [0.25, 0.3) is 0 Å². The lowest BCUT2D eigenvalue weighted by Gasteiger charge is -2.19. The minimum atomic E-state index is -0.704. The summed E-state index contributed by atoms with van der Waals surface area (Å²) in [5, 5.41) is 29.1. The van der Waals surface area contributed by atoms with Crippen LogP contribution in [0.2, 0.25) is 0 Å². The zero-order valence-electron chi connectivity index (χ0n) is 9.13. The van der Waals surface area contributed by atoms with E-state index in [-0.39, 0.29) is 12.4 Å². The minimum absolute atomic E-state index is 0.128. The molecule has 0 spiro atoms. The number of aromatic hydroxyl groups is 1. The van der Waals surface area contributed by atoms with Gasteiger partial charge < -0.3 is 20.1 Å². The average molecular weight is 224 g/mol. The first kappa shape index (κ1) is 11.4. The molecule has 0 amide bonds. The Kier molecular flexibility index (Phi) is 3.14. The number of hydrogen-bond acceptors (Lipinski definition) is 4. The van der Waals surface area contributed by atoms with Crippen LogP contribution in [0.3, 0.4) is 0 Å². The molecule has 4 nitrogen and oxygen atoms in total. The molecule has 1 aromatic carbocycles. The summed E-state index contributed by atoms with van der Waals surface area (Å²) < 4.78 is 5.47. The van der Waals surface area contributed by atoms with Gasteiger partial charge in [-0.25, -0.2) is 0 Å². The Hall–Kier alpha value is -1.10. The SMILES string of the molecule is CC(O)[C@@H]1C[C@H](O)c2cccc(O)c2CO1. The van der Waals surface area contributed by atoms with Crippen LogP contribution in [-0.2, 0) is 11.3 Å². The maximum absolute atomic E-state index is 9.98. The summed E-state index contributed by atoms with van der Waals surface area (Å²) in [6, 6.07) is 5.03. The van der Waals surface area contributed by atoms with Crippen molar-refractivity contribution < 1.29 is 20.1 Å². The fraction of sp³-hybridized carbons (Fsp3) is 0.500. The van der Waals surface area contributed by atoms with Crippen molar-refractivity contribution in [2.75, 3.05) is 0 Å². The number of phenols is 1. The van der Waals surface area contributed by atoms with Crippen molar-refractivity contribution >= 4 is 0 Å². The zero-order valence-corrected chi connectivity index (χ0v) is 9.13. The van der Waals surface area contributed by atoms with Crippen molar-refractivity contribution in [2.45, 2.75) is 38.3 Å². The van der Waals surface area contributed by atoms with Gasteiger partial charge in [0, 0.05) is 12.0 Å². The molecule has 1 aliphatic heterocycles. The Morgan fingerprint density at radius 3 is 2.88 bits per heavy atom. The molecule has 0 saturated heterocycles. The number of ether oxygens (including phenoxy) is 1. The van der Waals surface area contributed by atoms with Crippen LogP contribution in [-0.4, -0.2) is 27.5 Å². The van der Waals surface area contributed by atoms with E-state index in [2.05, 4.69) is 0 Å². The van der Waals surface area contributed by atoms with Gasteiger partial charge in [0.15, 0.2) is 0 Å². The highest BCUT2D eigenvalue weighted by molar-refractivity contribution is 5.40. The first-order chi connectivity index (χ1) is 7.59. The van der Waals surface area contributed by atoms with Gasteiger partial charge in [-0.3, -0.25) is 0 Å². The predicted molar refractivity (Wildman–Crippen MR) is 57.9 cm³/mol. The molecule has 4 heteroatoms. The highest BCUT2D eigenvalue weighted by Crippen LogP contribution is 2.33. The summed E-state index contributed by atoms with van der Waals surface area (Å²) >= 11 is 0. The van der Waals surface area contributed by atoms with Gasteiger partial charge in [0.05, 0.1) is 24.9 Å². The monoisotopic (exact) mass is 224 g/mol. The quantitative estimate of drug-likeness (QED) is 0.668. The molecule has 0 bridgehead atoms. The Morgan fingerprint density at radius 1 is 1.44 bits per heavy atom. The molecule has 0 radical (unpaired) electrons. The van der Waals surface area contributed by atoms with E-state index in [1.54, 1.807) is 25.1 Å². The van der Waals surface area contributed by atoms with Crippen LogP contribution in [0.4, 0.5) is 0 Å². The van der Waals surface area contributed by atoms with Gasteiger partial charge in [-0.15, -0.1) is 0 Å². The van der Waals surface area contributed by atoms with Crippen LogP contribution >= 0.6 is 0 Å². The molecule has 1 aromatic rings. The average Bonchev–Trinajstić information content (AvgIpc) is 2.40. The predicted octanol–water partition coefficient (Wildman–Crippen LogP) is 1.10. The third-order valence-corrected chi connectivity index (χ3v) is 2.98. The number of aliphatic hydroxyl groups is 2. The van der Waals surface area contributed by atoms with Crippen molar-refractivity contribution in [1.29, 1.82) is 0 Å². The maximum atomic E-state index is 9.98. The Balaban J connectivity index is 2.32. The van der Waals surface area contributed by atoms with Crippen molar-refractivity contribution in [3.8, 4) is 5.75 Å². The standard InChI is InChI=1S/C12H16O4/c1-7(13)12-5-11(15)8-3-2-4-10(14)9(8)6-16-12/h2-4,7,11-15H,5-6H2,1H3/t7?,11-,12-/m0/s1. The molecule has 0 saturated carbocycles. The molecule has 16 heavy (non-hydrogen) atoms. The number of aliphatic hydroxyl groups excluding tert-OH is 2. The lowest BCUT2D eigenvalue weighted by molar-refractivity contribution is -0.0536. The Bertz CT molecular complexity index is 375. The summed E-state index contributed by atoms with van der Waals surface area (Å²) in [5.74, 6) is 0.128. The summed E-state index contributed by atoms with van der Waals surface area (Å²) in [6.45, 7) is 1.85. The number of hydrogen-bond donors (Lipinski definition) is 3. The smallest absolute Gasteiger partial charge is 0.121 e. The van der Waals surface area contributed by atoms with E-state index in [0.717, 1.165) is 0 Å². The van der Waals surface area contributed by atoms with Gasteiger partial charge in [0.1, 0.15) is 5.75 Å². The second-order valence-electron chi connectivity index (χ2n) is 4.19. The third kappa shape index (κ3) is 2.04. The zero-order chi connectivity index (χ0) is 11.7. The largest absolute Gasteiger partial charge is 0.508 e. The Morgan fingerprint density at radius 2 is 2.19 bits per heavy atom. The molecule has 1 heterocycles. The molecule has 88 valence electrons. The molecule has 0 fully saturated rings. The third-order valence-electron chi connectivity index (χ3n) is 2.98. The molecule has 3 N–H and O–H groups in total. The second kappa shape index (κ2) is 4.41. The molecule has 0 aliphatic carbocycles. The highest BCUT2D eigenvalue weighted by atomic mass is 16.5. The van der Waals surface area contributed by atoms with Gasteiger partial charge in [-0.2, -0.15) is 0 Å². The molecule has 1 aliphatic rings. The van der Waals surface area contributed by atoms with E-state index in [1.807, 2.05) is 0 Å². The number of fused-ring (bicyclic) bond motifs is 1. The normalized spacial score (nSPS) is 26.9. The van der Waals surface area contributed by atoms with Crippen molar-refractivity contribution in [3.63, 3.8) is 0 Å². The molecule has 0 aromatic heterocycles. The molecule has 1 unspecified atom stereocenters. The number of phenolic OH excluding ortho intramolecular Hbond substituents is 1. The summed E-state index contributed by atoms with van der Waals surface area (Å²) in [5.41, 5.74) is 1.29. The van der Waals surface area contributed by atoms with Gasteiger partial charge in [-0.05, 0) is 18.6 Å². The van der Waals surface area contributed by atoms with E-state index in [1.165, 1.54) is 0 Å². The van der Waals surface area contributed by atoms with E-state index < -0.39 is 18.3 Å². The van der Waals surface area contributed by atoms with Crippen molar-refractivity contribution in [1.82, 2.24) is 0 Å². The van der Waals surface area contributed by atoms with Crippen molar-refractivity contribution in [2.24, 2.45) is 0 Å². The van der Waals surface area contributed by atoms with Crippen LogP contribution < -0.4 is 0 Å². The summed E-state index contributed by atoms with van der Waals surface area (Å²) in [7, 11) is 0. The first-order valence-corrected chi connectivity index (χ1v) is 5.38. The van der Waals surface area contributed by atoms with Crippen LogP contribution in [0.1, 0.15) is 30.6 Å². The lowest BCUT2D eigenvalue weighted by Crippen LogP contribution is -2.26. The first-order valence-electron chi connectivity index (χ1n) is 5.38. The van der Waals surface area contributed by atoms with Crippen LogP contribution in [0, 0.1) is 0 Å². The molecule has 2 rings (SSSR count). The molecular weight excluding hydrogens is 208 g/mol. The van der Waals surface area contributed by atoms with E-state index >= 15 is 0 Å². The maximum Gasteiger partial charge on any atom is 0.121 e.